The van der Waals surface area contributed by atoms with Crippen LogP contribution >= 0.6 is 11.8 Å². The van der Waals surface area contributed by atoms with Crippen LogP contribution in [0.5, 0.6) is 0 Å². The highest BCUT2D eigenvalue weighted by molar-refractivity contribution is 8.00. The van der Waals surface area contributed by atoms with Gasteiger partial charge in [0.15, 0.2) is 0 Å². The predicted octanol–water partition coefficient (Wildman–Crippen LogP) is 3.34. The molecule has 29 heavy (non-hydrogen) atoms. The summed E-state index contributed by atoms with van der Waals surface area (Å²) < 4.78 is 7.55. The standard InChI is InChI=1S/C22H27N3O3S/c1-15-6-4-7-16(12-15)23-20(26)14-29-21-18-9-2-3-10-19(18)25(22(27)24-21)13-17-8-5-11-28-17/h4,6-7,12,17H,2-3,5,8-11,13-14H2,1H3,(H,23,26). The maximum atomic E-state index is 12.8. The first-order chi connectivity index (χ1) is 14.1. The van der Waals surface area contributed by atoms with Gasteiger partial charge in [-0.15, -0.1) is 0 Å². The number of hydrogen-bond acceptors (Lipinski definition) is 5. The number of anilines is 1. The lowest BCUT2D eigenvalue weighted by atomic mass is 9.97. The molecule has 1 aromatic heterocycles. The minimum atomic E-state index is -0.220. The summed E-state index contributed by atoms with van der Waals surface area (Å²) in [5.41, 5.74) is 3.90. The Hall–Kier alpha value is -2.12. The van der Waals surface area contributed by atoms with E-state index in [1.54, 1.807) is 0 Å². The zero-order chi connectivity index (χ0) is 20.2. The number of ether oxygens (including phenoxy) is 1. The van der Waals surface area contributed by atoms with Crippen molar-refractivity contribution in [2.75, 3.05) is 17.7 Å². The van der Waals surface area contributed by atoms with Crippen molar-refractivity contribution >= 4 is 23.4 Å². The zero-order valence-electron chi connectivity index (χ0n) is 16.8. The summed E-state index contributed by atoms with van der Waals surface area (Å²) in [6, 6.07) is 7.73. The van der Waals surface area contributed by atoms with Crippen LogP contribution < -0.4 is 11.0 Å². The van der Waals surface area contributed by atoms with Crippen LogP contribution in [-0.4, -0.2) is 33.9 Å². The summed E-state index contributed by atoms with van der Waals surface area (Å²) >= 11 is 1.36. The smallest absolute Gasteiger partial charge is 0.348 e. The van der Waals surface area contributed by atoms with Gasteiger partial charge in [0.25, 0.3) is 0 Å². The normalized spacial score (nSPS) is 18.4. The van der Waals surface area contributed by atoms with E-state index in [0.717, 1.165) is 67.6 Å². The lowest BCUT2D eigenvalue weighted by molar-refractivity contribution is -0.113. The van der Waals surface area contributed by atoms with Crippen LogP contribution in [0.1, 0.15) is 42.5 Å². The third kappa shape index (κ3) is 4.90. The number of carbonyl (C=O) groups excluding carboxylic acids is 1. The maximum absolute atomic E-state index is 12.8. The minimum absolute atomic E-state index is 0.0875. The number of thioether (sulfide) groups is 1. The van der Waals surface area contributed by atoms with Crippen molar-refractivity contribution in [2.45, 2.75) is 63.1 Å². The number of hydrogen-bond donors (Lipinski definition) is 1. The number of aryl methyl sites for hydroxylation is 1. The first-order valence-corrected chi connectivity index (χ1v) is 11.3. The van der Waals surface area contributed by atoms with Crippen molar-refractivity contribution < 1.29 is 9.53 Å². The highest BCUT2D eigenvalue weighted by Gasteiger charge is 2.24. The van der Waals surface area contributed by atoms with E-state index in [1.807, 2.05) is 35.8 Å². The molecule has 0 spiro atoms. The van der Waals surface area contributed by atoms with Gasteiger partial charge in [-0.3, -0.25) is 9.36 Å². The number of carbonyl (C=O) groups is 1. The van der Waals surface area contributed by atoms with Gasteiger partial charge in [0.2, 0.25) is 5.91 Å². The summed E-state index contributed by atoms with van der Waals surface area (Å²) in [6.45, 7) is 3.36. The van der Waals surface area contributed by atoms with Gasteiger partial charge in [0, 0.05) is 23.6 Å². The molecule has 0 saturated carbocycles. The van der Waals surface area contributed by atoms with Crippen molar-refractivity contribution in [1.82, 2.24) is 9.55 Å². The molecule has 2 aromatic rings. The lowest BCUT2D eigenvalue weighted by Gasteiger charge is -2.24. The summed E-state index contributed by atoms with van der Waals surface area (Å²) in [6.07, 6.45) is 6.14. The van der Waals surface area contributed by atoms with E-state index in [0.29, 0.717) is 11.6 Å². The Morgan fingerprint density at radius 3 is 2.97 bits per heavy atom. The first kappa shape index (κ1) is 20.2. The van der Waals surface area contributed by atoms with Gasteiger partial charge in [0.05, 0.1) is 18.4 Å². The molecule has 7 heteroatoms. The molecule has 1 amide bonds. The molecule has 6 nitrogen and oxygen atoms in total. The van der Waals surface area contributed by atoms with E-state index in [2.05, 4.69) is 10.3 Å². The van der Waals surface area contributed by atoms with Gasteiger partial charge in [-0.2, -0.15) is 4.98 Å². The van der Waals surface area contributed by atoms with Crippen LogP contribution in [-0.2, 0) is 28.9 Å². The van der Waals surface area contributed by atoms with Crippen LogP contribution in [0.3, 0.4) is 0 Å². The number of aromatic nitrogens is 2. The highest BCUT2D eigenvalue weighted by Crippen LogP contribution is 2.29. The van der Waals surface area contributed by atoms with Crippen molar-refractivity contribution in [2.24, 2.45) is 0 Å². The summed E-state index contributed by atoms with van der Waals surface area (Å²) in [7, 11) is 0. The molecule has 1 aromatic carbocycles. The van der Waals surface area contributed by atoms with E-state index < -0.39 is 0 Å². The number of nitrogens with zero attached hydrogens (tertiary/aromatic N) is 2. The van der Waals surface area contributed by atoms with Crippen molar-refractivity contribution in [1.29, 1.82) is 0 Å². The summed E-state index contributed by atoms with van der Waals surface area (Å²) in [4.78, 5) is 29.5. The minimum Gasteiger partial charge on any atom is -0.376 e. The van der Waals surface area contributed by atoms with Crippen LogP contribution in [0.2, 0.25) is 0 Å². The van der Waals surface area contributed by atoms with Gasteiger partial charge in [-0.25, -0.2) is 4.79 Å². The van der Waals surface area contributed by atoms with Crippen molar-refractivity contribution in [3.63, 3.8) is 0 Å². The molecule has 0 radical (unpaired) electrons. The molecule has 1 fully saturated rings. The molecule has 0 bridgehead atoms. The third-order valence-corrected chi connectivity index (χ3v) is 6.52. The topological polar surface area (TPSA) is 73.2 Å². The molecule has 1 saturated heterocycles. The molecule has 1 N–H and O–H groups in total. The SMILES string of the molecule is Cc1cccc(NC(=O)CSc2nc(=O)n(CC3CCCO3)c3c2CCCC3)c1. The van der Waals surface area contributed by atoms with E-state index in [9.17, 15) is 9.59 Å². The van der Waals surface area contributed by atoms with Gasteiger partial charge < -0.3 is 10.1 Å². The van der Waals surface area contributed by atoms with Crippen LogP contribution in [0, 0.1) is 6.92 Å². The molecule has 4 rings (SSSR count). The first-order valence-electron chi connectivity index (χ1n) is 10.3. The third-order valence-electron chi connectivity index (χ3n) is 5.50. The van der Waals surface area contributed by atoms with Gasteiger partial charge >= 0.3 is 5.69 Å². The van der Waals surface area contributed by atoms with Crippen molar-refractivity contribution in [3.05, 3.63) is 51.6 Å². The molecule has 1 unspecified atom stereocenters. The van der Waals surface area contributed by atoms with Crippen LogP contribution in [0.15, 0.2) is 34.1 Å². The van der Waals surface area contributed by atoms with E-state index in [-0.39, 0.29) is 23.5 Å². The fraction of sp³-hybridized carbons (Fsp3) is 0.500. The monoisotopic (exact) mass is 413 g/mol. The molecule has 1 aliphatic heterocycles. The largest absolute Gasteiger partial charge is 0.376 e. The Kier molecular flexibility index (Phi) is 6.35. The fourth-order valence-electron chi connectivity index (χ4n) is 4.10. The molecular weight excluding hydrogens is 386 g/mol. The Bertz CT molecular complexity index is 951. The molecule has 2 heterocycles. The molecule has 1 aliphatic carbocycles. The van der Waals surface area contributed by atoms with E-state index in [1.165, 1.54) is 11.8 Å². The molecule has 154 valence electrons. The average molecular weight is 414 g/mol. The second-order valence-electron chi connectivity index (χ2n) is 7.78. The Labute approximate surface area is 175 Å². The second kappa shape index (κ2) is 9.13. The van der Waals surface area contributed by atoms with Gasteiger partial charge in [-0.1, -0.05) is 23.9 Å². The van der Waals surface area contributed by atoms with Crippen molar-refractivity contribution in [3.8, 4) is 0 Å². The summed E-state index contributed by atoms with van der Waals surface area (Å²) in [5, 5.41) is 3.64. The number of benzene rings is 1. The number of nitrogens with one attached hydrogen (secondary N) is 1. The summed E-state index contributed by atoms with van der Waals surface area (Å²) in [5.74, 6) is 0.151. The second-order valence-corrected chi connectivity index (χ2v) is 8.75. The Balaban J connectivity index is 1.49. The van der Waals surface area contributed by atoms with Crippen LogP contribution in [0.25, 0.3) is 0 Å². The van der Waals surface area contributed by atoms with Crippen LogP contribution in [0.4, 0.5) is 5.69 Å². The predicted molar refractivity (Wildman–Crippen MR) is 115 cm³/mol. The Morgan fingerprint density at radius 2 is 2.17 bits per heavy atom. The average Bonchev–Trinajstić information content (AvgIpc) is 3.22. The highest BCUT2D eigenvalue weighted by atomic mass is 32.2. The molecule has 1 atom stereocenters. The zero-order valence-corrected chi connectivity index (χ0v) is 17.6. The number of amides is 1. The van der Waals surface area contributed by atoms with E-state index >= 15 is 0 Å². The van der Waals surface area contributed by atoms with Gasteiger partial charge in [0.1, 0.15) is 5.03 Å². The lowest BCUT2D eigenvalue weighted by Crippen LogP contribution is -2.34. The quantitative estimate of drug-likeness (QED) is 0.581. The molecular formula is C22H27N3O3S. The number of fused-ring (bicyclic) bond motifs is 1. The van der Waals surface area contributed by atoms with Gasteiger partial charge in [-0.05, 0) is 63.1 Å². The Morgan fingerprint density at radius 1 is 1.31 bits per heavy atom. The maximum Gasteiger partial charge on any atom is 0.348 e. The molecule has 2 aliphatic rings. The fourth-order valence-corrected chi connectivity index (χ4v) is 4.98. The number of rotatable bonds is 6. The van der Waals surface area contributed by atoms with E-state index in [4.69, 9.17) is 4.74 Å².